The molecule has 0 bridgehead atoms. The molecule has 13 heteroatoms. The SMILES string of the molecule is CN(C(=O)c1cc(C(F)(F)F)cc(S(=O)(=O)N2CCOCC2)c1)c1nnc(Cl)cc1-c1ccccc1. The van der Waals surface area contributed by atoms with E-state index in [0.717, 1.165) is 15.3 Å². The van der Waals surface area contributed by atoms with Gasteiger partial charge < -0.3 is 4.74 Å². The lowest BCUT2D eigenvalue weighted by Crippen LogP contribution is -2.40. The zero-order chi connectivity index (χ0) is 26.1. The van der Waals surface area contributed by atoms with Crippen LogP contribution < -0.4 is 4.90 Å². The van der Waals surface area contributed by atoms with Crippen LogP contribution in [0.5, 0.6) is 0 Å². The number of benzene rings is 2. The highest BCUT2D eigenvalue weighted by molar-refractivity contribution is 7.89. The van der Waals surface area contributed by atoms with Gasteiger partial charge in [0.15, 0.2) is 11.0 Å². The van der Waals surface area contributed by atoms with Crippen LogP contribution in [-0.2, 0) is 20.9 Å². The Morgan fingerprint density at radius 2 is 1.72 bits per heavy atom. The Balaban J connectivity index is 1.79. The fraction of sp³-hybridized carbons (Fsp3) is 0.261. The number of carbonyl (C=O) groups excluding carboxylic acids is 1. The number of nitrogens with zero attached hydrogens (tertiary/aromatic N) is 4. The van der Waals surface area contributed by atoms with Crippen LogP contribution in [0.15, 0.2) is 59.5 Å². The smallest absolute Gasteiger partial charge is 0.379 e. The summed E-state index contributed by atoms with van der Waals surface area (Å²) in [6.45, 7) is 0.208. The molecule has 0 N–H and O–H groups in total. The van der Waals surface area contributed by atoms with E-state index >= 15 is 0 Å². The van der Waals surface area contributed by atoms with E-state index in [1.807, 2.05) is 0 Å². The Kier molecular flexibility index (Phi) is 7.32. The number of amides is 1. The fourth-order valence-corrected chi connectivity index (χ4v) is 5.33. The van der Waals surface area contributed by atoms with Gasteiger partial charge in [-0.3, -0.25) is 9.69 Å². The summed E-state index contributed by atoms with van der Waals surface area (Å²) < 4.78 is 73.5. The Bertz CT molecular complexity index is 1380. The number of carbonyl (C=O) groups is 1. The van der Waals surface area contributed by atoms with Crippen LogP contribution in [0.25, 0.3) is 11.1 Å². The molecule has 0 radical (unpaired) electrons. The van der Waals surface area contributed by atoms with Crippen molar-refractivity contribution >= 4 is 33.3 Å². The minimum atomic E-state index is -4.89. The molecule has 2 aromatic carbocycles. The van der Waals surface area contributed by atoms with Crippen molar-refractivity contribution in [1.29, 1.82) is 0 Å². The van der Waals surface area contributed by atoms with Crippen LogP contribution in [-0.4, -0.2) is 62.2 Å². The second kappa shape index (κ2) is 10.1. The molecule has 1 amide bonds. The summed E-state index contributed by atoms with van der Waals surface area (Å²) in [5.74, 6) is -0.876. The van der Waals surface area contributed by atoms with E-state index in [-0.39, 0.29) is 37.3 Å². The van der Waals surface area contributed by atoms with E-state index in [9.17, 15) is 26.4 Å². The second-order valence-electron chi connectivity index (χ2n) is 7.89. The first-order chi connectivity index (χ1) is 17.0. The minimum absolute atomic E-state index is 0.0113. The molecule has 0 unspecified atom stereocenters. The number of ether oxygens (including phenoxy) is 1. The molecule has 1 saturated heterocycles. The summed E-state index contributed by atoms with van der Waals surface area (Å²) in [6, 6.07) is 12.3. The van der Waals surface area contributed by atoms with E-state index in [4.69, 9.17) is 16.3 Å². The van der Waals surface area contributed by atoms with Crippen molar-refractivity contribution in [2.45, 2.75) is 11.1 Å². The topological polar surface area (TPSA) is 92.7 Å². The average Bonchev–Trinajstić information content (AvgIpc) is 2.88. The van der Waals surface area contributed by atoms with E-state index in [1.165, 1.54) is 13.1 Å². The average molecular weight is 541 g/mol. The lowest BCUT2D eigenvalue weighted by atomic mass is 10.1. The van der Waals surface area contributed by atoms with Gasteiger partial charge in [0.1, 0.15) is 0 Å². The maximum Gasteiger partial charge on any atom is 0.416 e. The third-order valence-electron chi connectivity index (χ3n) is 5.54. The summed E-state index contributed by atoms with van der Waals surface area (Å²) in [4.78, 5) is 13.7. The summed E-state index contributed by atoms with van der Waals surface area (Å²) >= 11 is 6.00. The van der Waals surface area contributed by atoms with Gasteiger partial charge in [0.25, 0.3) is 5.91 Å². The molecule has 0 spiro atoms. The Labute approximate surface area is 210 Å². The summed E-state index contributed by atoms with van der Waals surface area (Å²) in [5, 5.41) is 7.79. The van der Waals surface area contributed by atoms with E-state index in [0.29, 0.717) is 23.3 Å². The highest BCUT2D eigenvalue weighted by Crippen LogP contribution is 2.34. The monoisotopic (exact) mass is 540 g/mol. The maximum atomic E-state index is 13.7. The quantitative estimate of drug-likeness (QED) is 0.483. The molecule has 1 aromatic heterocycles. The van der Waals surface area contributed by atoms with Crippen LogP contribution in [0, 0.1) is 0 Å². The van der Waals surface area contributed by atoms with Gasteiger partial charge in [-0.15, -0.1) is 10.2 Å². The zero-order valence-electron chi connectivity index (χ0n) is 18.9. The van der Waals surface area contributed by atoms with Gasteiger partial charge in [0.2, 0.25) is 10.0 Å². The van der Waals surface area contributed by atoms with Crippen LogP contribution >= 0.6 is 11.6 Å². The van der Waals surface area contributed by atoms with Crippen molar-refractivity contribution in [3.8, 4) is 11.1 Å². The van der Waals surface area contributed by atoms with Crippen LogP contribution in [0.4, 0.5) is 19.0 Å². The molecule has 0 saturated carbocycles. The Morgan fingerprint density at radius 3 is 2.36 bits per heavy atom. The van der Waals surface area contributed by atoms with Gasteiger partial charge in [-0.2, -0.15) is 17.5 Å². The molecular formula is C23H20ClF3N4O4S. The molecule has 190 valence electrons. The molecular weight excluding hydrogens is 521 g/mol. The van der Waals surface area contributed by atoms with Crippen molar-refractivity contribution < 1.29 is 31.1 Å². The number of anilines is 1. The predicted molar refractivity (Wildman–Crippen MR) is 126 cm³/mol. The standard InChI is InChI=1S/C23H20ClF3N4O4S/c1-30(21-19(14-20(24)28-29-21)15-5-3-2-4-6-15)22(32)16-11-17(23(25,26)27)13-18(12-16)36(33,34)31-7-9-35-10-8-31/h2-6,11-14H,7-10H2,1H3. The Morgan fingerprint density at radius 1 is 1.06 bits per heavy atom. The normalized spacial score (nSPS) is 15.0. The van der Waals surface area contributed by atoms with Crippen LogP contribution in [0.1, 0.15) is 15.9 Å². The first-order valence-electron chi connectivity index (χ1n) is 10.7. The molecule has 0 atom stereocenters. The molecule has 4 rings (SSSR count). The van der Waals surface area contributed by atoms with E-state index < -0.39 is 38.1 Å². The highest BCUT2D eigenvalue weighted by atomic mass is 35.5. The third kappa shape index (κ3) is 5.36. The second-order valence-corrected chi connectivity index (χ2v) is 10.2. The molecule has 8 nitrogen and oxygen atoms in total. The van der Waals surface area contributed by atoms with Gasteiger partial charge in [0, 0.05) is 31.3 Å². The van der Waals surface area contributed by atoms with E-state index in [2.05, 4.69) is 10.2 Å². The largest absolute Gasteiger partial charge is 0.416 e. The number of sulfonamides is 1. The van der Waals surface area contributed by atoms with Crippen molar-refractivity contribution in [3.05, 3.63) is 70.9 Å². The molecule has 1 aliphatic heterocycles. The number of hydrogen-bond donors (Lipinski definition) is 0. The lowest BCUT2D eigenvalue weighted by Gasteiger charge is -2.26. The third-order valence-corrected chi connectivity index (χ3v) is 7.60. The first kappa shape index (κ1) is 26.0. The van der Waals surface area contributed by atoms with Gasteiger partial charge in [0.05, 0.1) is 23.7 Å². The van der Waals surface area contributed by atoms with Crippen molar-refractivity contribution in [2.75, 3.05) is 38.3 Å². The summed E-state index contributed by atoms with van der Waals surface area (Å²) in [5.41, 5.74) is -0.683. The number of rotatable bonds is 5. The Hall–Kier alpha value is -3.06. The number of alkyl halides is 3. The maximum absolute atomic E-state index is 13.7. The molecule has 36 heavy (non-hydrogen) atoms. The van der Waals surface area contributed by atoms with Crippen molar-refractivity contribution in [3.63, 3.8) is 0 Å². The molecule has 1 fully saturated rings. The van der Waals surface area contributed by atoms with Crippen molar-refractivity contribution in [1.82, 2.24) is 14.5 Å². The van der Waals surface area contributed by atoms with E-state index in [1.54, 1.807) is 30.3 Å². The number of halogens is 4. The number of aromatic nitrogens is 2. The van der Waals surface area contributed by atoms with Gasteiger partial charge >= 0.3 is 6.18 Å². The van der Waals surface area contributed by atoms with Gasteiger partial charge in [-0.25, -0.2) is 8.42 Å². The number of morpholine rings is 1. The van der Waals surface area contributed by atoms with Crippen LogP contribution in [0.3, 0.4) is 0 Å². The van der Waals surface area contributed by atoms with Crippen LogP contribution in [0.2, 0.25) is 5.15 Å². The van der Waals surface area contributed by atoms with Gasteiger partial charge in [-0.05, 0) is 29.8 Å². The predicted octanol–water partition coefficient (Wildman–Crippen LogP) is 4.11. The lowest BCUT2D eigenvalue weighted by molar-refractivity contribution is -0.137. The number of hydrogen-bond acceptors (Lipinski definition) is 6. The fourth-order valence-electron chi connectivity index (χ4n) is 3.70. The molecule has 2 heterocycles. The summed E-state index contributed by atoms with van der Waals surface area (Å²) in [7, 11) is -3.00. The highest BCUT2D eigenvalue weighted by Gasteiger charge is 2.35. The summed E-state index contributed by atoms with van der Waals surface area (Å²) in [6.07, 6.45) is -4.89. The van der Waals surface area contributed by atoms with Gasteiger partial charge in [-0.1, -0.05) is 41.9 Å². The minimum Gasteiger partial charge on any atom is -0.379 e. The first-order valence-corrected chi connectivity index (χ1v) is 12.5. The molecule has 0 aliphatic carbocycles. The van der Waals surface area contributed by atoms with Crippen molar-refractivity contribution in [2.24, 2.45) is 0 Å². The zero-order valence-corrected chi connectivity index (χ0v) is 20.4. The molecule has 3 aromatic rings. The molecule has 1 aliphatic rings.